The van der Waals surface area contributed by atoms with Gasteiger partial charge in [-0.2, -0.15) is 9.36 Å². The lowest BCUT2D eigenvalue weighted by molar-refractivity contribution is -0.137. The molecule has 0 fully saturated rings. The molecule has 0 aliphatic heterocycles. The number of hydrogen-bond acceptors (Lipinski definition) is 9. The van der Waals surface area contributed by atoms with Gasteiger partial charge >= 0.3 is 17.3 Å². The summed E-state index contributed by atoms with van der Waals surface area (Å²) in [5.41, 5.74) is -0.572. The standard InChI is InChI=1S/C20H15ClN6O5S/c21-13-3-1-12(2-4-13)10-26-18(24-19(30)27(20(26)31)11-17(28)29)23-14-5-7-15(8-6-14)32-16-9-22-33-25-16/h1-9H,10-11H2,(H,28,29)(H,23,24,30). The highest BCUT2D eigenvalue weighted by Gasteiger charge is 2.16. The molecule has 0 amide bonds. The zero-order chi connectivity index (χ0) is 23.4. The Labute approximate surface area is 194 Å². The zero-order valence-corrected chi connectivity index (χ0v) is 18.3. The third-order valence-electron chi connectivity index (χ3n) is 4.37. The third kappa shape index (κ3) is 5.42. The van der Waals surface area contributed by atoms with Crippen LogP contribution in [-0.2, 0) is 17.9 Å². The lowest BCUT2D eigenvalue weighted by Crippen LogP contribution is -2.44. The molecule has 2 aromatic heterocycles. The fourth-order valence-electron chi connectivity index (χ4n) is 2.87. The van der Waals surface area contributed by atoms with E-state index in [9.17, 15) is 14.4 Å². The summed E-state index contributed by atoms with van der Waals surface area (Å²) in [6.45, 7) is -0.771. The highest BCUT2D eigenvalue weighted by Crippen LogP contribution is 2.23. The van der Waals surface area contributed by atoms with Gasteiger partial charge in [-0.25, -0.2) is 14.2 Å². The molecule has 0 bridgehead atoms. The van der Waals surface area contributed by atoms with E-state index in [-0.39, 0.29) is 12.5 Å². The van der Waals surface area contributed by atoms with Crippen molar-refractivity contribution in [3.63, 3.8) is 0 Å². The third-order valence-corrected chi connectivity index (χ3v) is 5.08. The molecule has 0 saturated heterocycles. The van der Waals surface area contributed by atoms with Gasteiger partial charge in [0.05, 0.1) is 18.3 Å². The largest absolute Gasteiger partial charge is 0.480 e. The number of aromatic nitrogens is 5. The predicted octanol–water partition coefficient (Wildman–Crippen LogP) is 2.58. The Balaban J connectivity index is 1.67. The van der Waals surface area contributed by atoms with Crippen molar-refractivity contribution < 1.29 is 14.6 Å². The number of rotatable bonds is 8. The van der Waals surface area contributed by atoms with Crippen molar-refractivity contribution in [3.8, 4) is 11.6 Å². The summed E-state index contributed by atoms with van der Waals surface area (Å²) in [7, 11) is 0. The molecule has 2 aromatic carbocycles. The lowest BCUT2D eigenvalue weighted by Gasteiger charge is -2.15. The van der Waals surface area contributed by atoms with Crippen LogP contribution < -0.4 is 21.4 Å². The van der Waals surface area contributed by atoms with Crippen LogP contribution in [0.5, 0.6) is 11.6 Å². The van der Waals surface area contributed by atoms with Gasteiger partial charge in [0.2, 0.25) is 5.95 Å². The fraction of sp³-hybridized carbons (Fsp3) is 0.100. The molecule has 0 aliphatic carbocycles. The van der Waals surface area contributed by atoms with Gasteiger partial charge in [-0.05, 0) is 42.0 Å². The molecule has 0 spiro atoms. The average Bonchev–Trinajstić information content (AvgIpc) is 3.29. The topological polar surface area (TPSA) is 141 Å². The zero-order valence-electron chi connectivity index (χ0n) is 16.7. The summed E-state index contributed by atoms with van der Waals surface area (Å²) in [5, 5.41) is 12.5. The van der Waals surface area contributed by atoms with Gasteiger partial charge in [-0.3, -0.25) is 9.36 Å². The van der Waals surface area contributed by atoms with Crippen molar-refractivity contribution in [2.45, 2.75) is 13.1 Å². The van der Waals surface area contributed by atoms with Crippen LogP contribution in [0.15, 0.2) is 64.3 Å². The molecule has 0 saturated carbocycles. The number of aliphatic carboxylic acids is 1. The summed E-state index contributed by atoms with van der Waals surface area (Å²) >= 11 is 6.94. The molecular formula is C20H15ClN6O5S. The van der Waals surface area contributed by atoms with Crippen LogP contribution in [0.3, 0.4) is 0 Å². The van der Waals surface area contributed by atoms with Gasteiger partial charge in [0.1, 0.15) is 18.5 Å². The van der Waals surface area contributed by atoms with E-state index >= 15 is 0 Å². The van der Waals surface area contributed by atoms with Crippen molar-refractivity contribution in [2.24, 2.45) is 0 Å². The van der Waals surface area contributed by atoms with E-state index in [0.717, 1.165) is 11.7 Å². The molecule has 0 atom stereocenters. The lowest BCUT2D eigenvalue weighted by atomic mass is 10.2. The number of nitrogens with zero attached hydrogens (tertiary/aromatic N) is 5. The van der Waals surface area contributed by atoms with Gasteiger partial charge in [-0.15, -0.1) is 4.37 Å². The second-order valence-corrected chi connectivity index (χ2v) is 7.68. The van der Waals surface area contributed by atoms with Crippen LogP contribution in [0.4, 0.5) is 11.6 Å². The SMILES string of the molecule is O=C(O)Cn1c(=O)nc(Nc2ccc(Oc3cnsn3)cc2)n(Cc2ccc(Cl)cc2)c1=O. The maximum atomic E-state index is 13.0. The molecule has 13 heteroatoms. The molecule has 33 heavy (non-hydrogen) atoms. The van der Waals surface area contributed by atoms with Gasteiger partial charge in [0, 0.05) is 10.7 Å². The highest BCUT2D eigenvalue weighted by atomic mass is 35.5. The first-order chi connectivity index (χ1) is 15.9. The Kier molecular flexibility index (Phi) is 6.47. The van der Waals surface area contributed by atoms with E-state index in [4.69, 9.17) is 21.4 Å². The molecular weight excluding hydrogens is 472 g/mol. The number of carboxylic acids is 1. The molecule has 168 valence electrons. The van der Waals surface area contributed by atoms with Crippen LogP contribution in [0, 0.1) is 0 Å². The number of nitrogens with one attached hydrogen (secondary N) is 1. The smallest absolute Gasteiger partial charge is 0.355 e. The molecule has 0 unspecified atom stereocenters. The maximum Gasteiger partial charge on any atom is 0.355 e. The van der Waals surface area contributed by atoms with Crippen molar-refractivity contribution in [1.29, 1.82) is 0 Å². The Morgan fingerprint density at radius 1 is 1.09 bits per heavy atom. The van der Waals surface area contributed by atoms with Crippen LogP contribution in [0.1, 0.15) is 5.56 Å². The van der Waals surface area contributed by atoms with E-state index in [0.29, 0.717) is 32.5 Å². The fourth-order valence-corrected chi connectivity index (χ4v) is 3.34. The van der Waals surface area contributed by atoms with E-state index in [1.54, 1.807) is 48.5 Å². The van der Waals surface area contributed by atoms with Crippen LogP contribution in [0.2, 0.25) is 5.02 Å². The quantitative estimate of drug-likeness (QED) is 0.384. The van der Waals surface area contributed by atoms with E-state index in [2.05, 4.69) is 19.0 Å². The van der Waals surface area contributed by atoms with Gasteiger partial charge < -0.3 is 15.2 Å². The highest BCUT2D eigenvalue weighted by molar-refractivity contribution is 6.99. The molecule has 0 radical (unpaired) electrons. The molecule has 2 N–H and O–H groups in total. The number of benzene rings is 2. The average molecular weight is 487 g/mol. The molecule has 4 aromatic rings. The summed E-state index contributed by atoms with van der Waals surface area (Å²) in [6, 6.07) is 13.4. The summed E-state index contributed by atoms with van der Waals surface area (Å²) in [5.74, 6) is -0.502. The molecule has 11 nitrogen and oxygen atoms in total. The summed E-state index contributed by atoms with van der Waals surface area (Å²) < 4.78 is 15.1. The summed E-state index contributed by atoms with van der Waals surface area (Å²) in [4.78, 5) is 40.3. The Morgan fingerprint density at radius 3 is 2.45 bits per heavy atom. The molecule has 0 aliphatic rings. The minimum absolute atomic E-state index is 0.0310. The Hall–Kier alpha value is -4.03. The number of anilines is 2. The van der Waals surface area contributed by atoms with Crippen molar-refractivity contribution in [1.82, 2.24) is 22.9 Å². The van der Waals surface area contributed by atoms with Crippen LogP contribution in [0.25, 0.3) is 0 Å². The first-order valence-corrected chi connectivity index (χ1v) is 10.5. The number of hydrogen-bond donors (Lipinski definition) is 2. The second-order valence-electron chi connectivity index (χ2n) is 6.69. The normalized spacial score (nSPS) is 10.7. The number of halogens is 1. The number of ether oxygens (including phenoxy) is 1. The first-order valence-electron chi connectivity index (χ1n) is 9.39. The van der Waals surface area contributed by atoms with E-state index < -0.39 is 23.9 Å². The summed E-state index contributed by atoms with van der Waals surface area (Å²) in [6.07, 6.45) is 1.49. The molecule has 4 rings (SSSR count). The Bertz CT molecular complexity index is 1380. The number of carbonyl (C=O) groups is 1. The van der Waals surface area contributed by atoms with E-state index in [1.807, 2.05) is 0 Å². The second kappa shape index (κ2) is 9.63. The minimum Gasteiger partial charge on any atom is -0.480 e. The molecule has 2 heterocycles. The van der Waals surface area contributed by atoms with Crippen LogP contribution in [-0.4, -0.2) is 33.9 Å². The van der Waals surface area contributed by atoms with Crippen LogP contribution >= 0.6 is 23.3 Å². The van der Waals surface area contributed by atoms with E-state index in [1.165, 1.54) is 10.8 Å². The van der Waals surface area contributed by atoms with Crippen molar-refractivity contribution in [2.75, 3.05) is 5.32 Å². The predicted molar refractivity (Wildman–Crippen MR) is 121 cm³/mol. The Morgan fingerprint density at radius 2 is 1.82 bits per heavy atom. The maximum absolute atomic E-state index is 13.0. The van der Waals surface area contributed by atoms with Gasteiger partial charge in [0.25, 0.3) is 5.88 Å². The van der Waals surface area contributed by atoms with Crippen molar-refractivity contribution >= 4 is 40.9 Å². The monoisotopic (exact) mass is 486 g/mol. The van der Waals surface area contributed by atoms with Gasteiger partial charge in [0.15, 0.2) is 0 Å². The number of carboxylic acid groups (broad SMARTS) is 1. The minimum atomic E-state index is -1.33. The van der Waals surface area contributed by atoms with Crippen molar-refractivity contribution in [3.05, 3.63) is 86.3 Å². The first kappa shape index (κ1) is 22.2. The van der Waals surface area contributed by atoms with Gasteiger partial charge in [-0.1, -0.05) is 23.7 Å².